The van der Waals surface area contributed by atoms with E-state index in [2.05, 4.69) is 0 Å². The number of carboxylic acid groups (broad SMARTS) is 1. The first-order chi connectivity index (χ1) is 7.15. The van der Waals surface area contributed by atoms with Gasteiger partial charge in [-0.2, -0.15) is 5.06 Å². The van der Waals surface area contributed by atoms with Gasteiger partial charge >= 0.3 is 13.6 Å². The number of hydrogen-bond acceptors (Lipinski definition) is 4. The van der Waals surface area contributed by atoms with Gasteiger partial charge in [0, 0.05) is 12.4 Å². The Morgan fingerprint density at radius 1 is 1.44 bits per heavy atom. The van der Waals surface area contributed by atoms with Gasteiger partial charge in [0.2, 0.25) is 0 Å². The van der Waals surface area contributed by atoms with E-state index in [1.165, 1.54) is 0 Å². The zero-order chi connectivity index (χ0) is 12.9. The zero-order valence-corrected chi connectivity index (χ0v) is 9.91. The molecule has 0 aliphatic heterocycles. The third-order valence-corrected chi connectivity index (χ3v) is 2.40. The average molecular weight is 253 g/mol. The molecule has 0 spiro atoms. The van der Waals surface area contributed by atoms with Gasteiger partial charge in [-0.3, -0.25) is 9.36 Å². The summed E-state index contributed by atoms with van der Waals surface area (Å²) in [6, 6.07) is -1.11. The maximum atomic E-state index is 10.8. The van der Waals surface area contributed by atoms with E-state index in [9.17, 15) is 14.6 Å². The van der Waals surface area contributed by atoms with Crippen LogP contribution < -0.4 is 0 Å². The minimum absolute atomic E-state index is 0.264. The van der Waals surface area contributed by atoms with E-state index in [1.807, 2.05) is 0 Å². The Morgan fingerprint density at radius 2 is 1.94 bits per heavy atom. The van der Waals surface area contributed by atoms with E-state index in [1.54, 1.807) is 13.8 Å². The highest BCUT2D eigenvalue weighted by molar-refractivity contribution is 7.55. The van der Waals surface area contributed by atoms with Crippen LogP contribution in [0.5, 0.6) is 0 Å². The Bertz CT molecular complexity index is 310. The lowest BCUT2D eigenvalue weighted by Gasteiger charge is -2.24. The number of rotatable bonds is 6. The molecule has 94 valence electrons. The van der Waals surface area contributed by atoms with Gasteiger partial charge in [-0.25, -0.2) is 0 Å². The fraction of sp³-hybridized carbons (Fsp3) is 0.625. The van der Waals surface area contributed by atoms with Crippen molar-refractivity contribution in [3.8, 4) is 0 Å². The molecule has 1 atom stereocenters. The van der Waals surface area contributed by atoms with Crippen LogP contribution in [0.15, 0.2) is 11.9 Å². The predicted molar refractivity (Wildman–Crippen MR) is 55.9 cm³/mol. The highest BCUT2D eigenvalue weighted by atomic mass is 31.2. The molecule has 0 aromatic heterocycles. The summed E-state index contributed by atoms with van der Waals surface area (Å²) in [5.74, 6) is -0.900. The molecule has 0 heterocycles. The molecular formula is C8H16NO6P. The number of hydroxylamine groups is 2. The molecule has 0 saturated carbocycles. The molecule has 7 nitrogen and oxygen atoms in total. The first-order valence-corrected chi connectivity index (χ1v) is 6.24. The normalized spacial score (nSPS) is 14.9. The van der Waals surface area contributed by atoms with Gasteiger partial charge in [0.1, 0.15) is 6.04 Å². The van der Waals surface area contributed by atoms with Gasteiger partial charge < -0.3 is 20.1 Å². The summed E-state index contributed by atoms with van der Waals surface area (Å²) in [7, 11) is -4.27. The van der Waals surface area contributed by atoms with Crippen molar-refractivity contribution in [3.05, 3.63) is 11.9 Å². The van der Waals surface area contributed by atoms with Crippen molar-refractivity contribution in [2.24, 2.45) is 5.92 Å². The van der Waals surface area contributed by atoms with E-state index < -0.39 is 19.6 Å². The van der Waals surface area contributed by atoms with Crippen LogP contribution in [0.4, 0.5) is 0 Å². The summed E-state index contributed by atoms with van der Waals surface area (Å²) in [6.07, 6.45) is 1.03. The second-order valence-electron chi connectivity index (χ2n) is 3.62. The van der Waals surface area contributed by atoms with E-state index in [-0.39, 0.29) is 12.5 Å². The minimum Gasteiger partial charge on any atom is -0.480 e. The molecule has 0 aliphatic carbocycles. The Balaban J connectivity index is 4.44. The van der Waals surface area contributed by atoms with E-state index in [0.717, 1.165) is 6.08 Å². The predicted octanol–water partition coefficient (Wildman–Crippen LogP) is 0.478. The highest BCUT2D eigenvalue weighted by Gasteiger charge is 2.27. The Labute approximate surface area is 93.1 Å². The molecule has 0 rings (SSSR count). The maximum Gasteiger partial charge on any atom is 0.348 e. The van der Waals surface area contributed by atoms with Crippen LogP contribution in [-0.2, 0) is 9.36 Å². The van der Waals surface area contributed by atoms with Crippen LogP contribution >= 0.6 is 7.60 Å². The lowest BCUT2D eigenvalue weighted by molar-refractivity contribution is -0.172. The van der Waals surface area contributed by atoms with Crippen LogP contribution in [0.25, 0.3) is 0 Å². The lowest BCUT2D eigenvalue weighted by atomic mass is 10.0. The van der Waals surface area contributed by atoms with Gasteiger partial charge in [0.05, 0.1) is 0 Å². The number of carbonyl (C=O) groups is 1. The van der Waals surface area contributed by atoms with Crippen LogP contribution in [0.3, 0.4) is 0 Å². The maximum absolute atomic E-state index is 10.8. The molecule has 0 aromatic carbocycles. The topological polar surface area (TPSA) is 118 Å². The molecule has 4 N–H and O–H groups in total. The standard InChI is InChI=1S/C8H16NO6P/c1-6(2)7(8(10)11)9(12)4-3-5-16(13,14)15/h3,5-7,12H,4H2,1-2H3,(H,10,11)(H2,13,14,15)/t7-/m0/s1. The second-order valence-corrected chi connectivity index (χ2v) is 5.10. The van der Waals surface area contributed by atoms with Gasteiger partial charge in [0.15, 0.2) is 0 Å². The Kier molecular flexibility index (Phi) is 5.85. The summed E-state index contributed by atoms with van der Waals surface area (Å²) in [5.41, 5.74) is 0. The van der Waals surface area contributed by atoms with Crippen molar-refractivity contribution in [1.29, 1.82) is 0 Å². The Hall–Kier alpha value is -0.720. The molecule has 8 heteroatoms. The average Bonchev–Trinajstić information content (AvgIpc) is 1.99. The molecule has 0 fully saturated rings. The van der Waals surface area contributed by atoms with Crippen molar-refractivity contribution in [1.82, 2.24) is 5.06 Å². The van der Waals surface area contributed by atoms with Gasteiger partial charge in [-0.05, 0) is 5.92 Å². The van der Waals surface area contributed by atoms with E-state index in [4.69, 9.17) is 14.9 Å². The fourth-order valence-electron chi connectivity index (χ4n) is 1.16. The quantitative estimate of drug-likeness (QED) is 0.401. The third-order valence-electron chi connectivity index (χ3n) is 1.80. The second kappa shape index (κ2) is 6.12. The first-order valence-electron chi connectivity index (χ1n) is 4.56. The molecule has 0 bridgehead atoms. The van der Waals surface area contributed by atoms with Gasteiger partial charge in [-0.15, -0.1) is 0 Å². The van der Waals surface area contributed by atoms with Crippen molar-refractivity contribution in [2.45, 2.75) is 19.9 Å². The highest BCUT2D eigenvalue weighted by Crippen LogP contribution is 2.35. The molecule has 0 unspecified atom stereocenters. The summed E-state index contributed by atoms with van der Waals surface area (Å²) < 4.78 is 10.4. The molecule has 0 aromatic rings. The zero-order valence-electron chi connectivity index (χ0n) is 9.02. The molecule has 0 aliphatic rings. The van der Waals surface area contributed by atoms with Crippen molar-refractivity contribution < 1.29 is 29.5 Å². The van der Waals surface area contributed by atoms with Gasteiger partial charge in [-0.1, -0.05) is 19.9 Å². The van der Waals surface area contributed by atoms with Crippen molar-refractivity contribution >= 4 is 13.6 Å². The van der Waals surface area contributed by atoms with Crippen LogP contribution in [-0.4, -0.2) is 43.7 Å². The number of nitrogens with zero attached hydrogens (tertiary/aromatic N) is 1. The summed E-state index contributed by atoms with van der Waals surface area (Å²) in [4.78, 5) is 27.8. The monoisotopic (exact) mass is 253 g/mol. The molecule has 16 heavy (non-hydrogen) atoms. The van der Waals surface area contributed by atoms with Crippen LogP contribution in [0.2, 0.25) is 0 Å². The minimum atomic E-state index is -4.27. The third kappa shape index (κ3) is 5.99. The number of carboxylic acids is 1. The summed E-state index contributed by atoms with van der Waals surface area (Å²) in [5, 5.41) is 18.7. The van der Waals surface area contributed by atoms with Crippen LogP contribution in [0.1, 0.15) is 13.8 Å². The fourth-order valence-corrected chi connectivity index (χ4v) is 1.53. The first kappa shape index (κ1) is 15.3. The molecular weight excluding hydrogens is 237 g/mol. The number of hydrogen-bond donors (Lipinski definition) is 4. The SMILES string of the molecule is CC(C)[C@@H](C(=O)O)N(O)CC=CP(=O)(O)O. The van der Waals surface area contributed by atoms with Crippen molar-refractivity contribution in [2.75, 3.05) is 6.54 Å². The Morgan fingerprint density at radius 3 is 2.25 bits per heavy atom. The van der Waals surface area contributed by atoms with E-state index >= 15 is 0 Å². The number of aliphatic carboxylic acids is 1. The van der Waals surface area contributed by atoms with Crippen LogP contribution in [0, 0.1) is 5.92 Å². The summed E-state index contributed by atoms with van der Waals surface area (Å²) >= 11 is 0. The molecule has 0 amide bonds. The van der Waals surface area contributed by atoms with Crippen molar-refractivity contribution in [3.63, 3.8) is 0 Å². The van der Waals surface area contributed by atoms with Gasteiger partial charge in [0.25, 0.3) is 0 Å². The molecule has 0 radical (unpaired) electrons. The molecule has 0 saturated heterocycles. The smallest absolute Gasteiger partial charge is 0.348 e. The lowest BCUT2D eigenvalue weighted by Crippen LogP contribution is -2.42. The summed E-state index contributed by atoms with van der Waals surface area (Å²) in [6.45, 7) is 2.98. The largest absolute Gasteiger partial charge is 0.480 e. The van der Waals surface area contributed by atoms with E-state index in [0.29, 0.717) is 10.9 Å².